The average Bonchev–Trinajstić information content (AvgIpc) is 2.39. The lowest BCUT2D eigenvalue weighted by atomic mass is 10.1. The third-order valence-corrected chi connectivity index (χ3v) is 2.72. The highest BCUT2D eigenvalue weighted by atomic mass is 16.5. The molecule has 2 rings (SSSR count). The Labute approximate surface area is 95.3 Å². The molecule has 1 aromatic carbocycles. The van der Waals surface area contributed by atoms with Crippen molar-refractivity contribution >= 4 is 5.91 Å². The Bertz CT molecular complexity index is 375. The molecule has 1 fully saturated rings. The molecule has 0 aromatic heterocycles. The summed E-state index contributed by atoms with van der Waals surface area (Å²) >= 11 is 0. The van der Waals surface area contributed by atoms with Gasteiger partial charge in [-0.25, -0.2) is 0 Å². The van der Waals surface area contributed by atoms with E-state index in [1.807, 2.05) is 30.3 Å². The molecule has 1 aliphatic rings. The van der Waals surface area contributed by atoms with Crippen molar-refractivity contribution in [3.63, 3.8) is 0 Å². The lowest BCUT2D eigenvalue weighted by molar-refractivity contribution is -0.133. The van der Waals surface area contributed by atoms with Gasteiger partial charge in [0.2, 0.25) is 5.91 Å². The number of hydrogen-bond acceptors (Lipinski definition) is 2. The van der Waals surface area contributed by atoms with E-state index < -0.39 is 0 Å². The summed E-state index contributed by atoms with van der Waals surface area (Å²) in [6.07, 6.45) is 1.34. The van der Waals surface area contributed by atoms with Crippen LogP contribution in [0.5, 0.6) is 0 Å². The fourth-order valence-electron chi connectivity index (χ4n) is 1.85. The monoisotopic (exact) mass is 217 g/mol. The second-order valence-corrected chi connectivity index (χ2v) is 3.76. The van der Waals surface area contributed by atoms with Gasteiger partial charge in [0.25, 0.3) is 0 Å². The van der Waals surface area contributed by atoms with E-state index in [0.717, 1.165) is 5.56 Å². The van der Waals surface area contributed by atoms with Crippen LogP contribution in [-0.2, 0) is 9.53 Å². The summed E-state index contributed by atoms with van der Waals surface area (Å²) in [5.74, 6) is -0.0239. The quantitative estimate of drug-likeness (QED) is 0.707. The van der Waals surface area contributed by atoms with Gasteiger partial charge >= 0.3 is 0 Å². The SMILES string of the molecule is C=CC(=O)N1CCO[C@@H](c2ccccc2)C1. The van der Waals surface area contributed by atoms with Gasteiger partial charge in [-0.3, -0.25) is 4.79 Å². The largest absolute Gasteiger partial charge is 0.370 e. The van der Waals surface area contributed by atoms with Crippen LogP contribution in [-0.4, -0.2) is 30.5 Å². The van der Waals surface area contributed by atoms with Crippen molar-refractivity contribution in [2.45, 2.75) is 6.10 Å². The molecular formula is C13H15NO2. The third kappa shape index (κ3) is 2.31. The van der Waals surface area contributed by atoms with Gasteiger partial charge < -0.3 is 9.64 Å². The Hall–Kier alpha value is -1.61. The van der Waals surface area contributed by atoms with Gasteiger partial charge in [-0.2, -0.15) is 0 Å². The van der Waals surface area contributed by atoms with E-state index in [9.17, 15) is 4.79 Å². The van der Waals surface area contributed by atoms with Crippen molar-refractivity contribution < 1.29 is 9.53 Å². The molecule has 1 saturated heterocycles. The van der Waals surface area contributed by atoms with E-state index in [0.29, 0.717) is 19.7 Å². The fourth-order valence-corrected chi connectivity index (χ4v) is 1.85. The minimum absolute atomic E-state index is 0.0150. The van der Waals surface area contributed by atoms with Crippen LogP contribution in [0.25, 0.3) is 0 Å². The standard InChI is InChI=1S/C13H15NO2/c1-2-13(15)14-8-9-16-12(10-14)11-6-4-3-5-7-11/h2-7,12H,1,8-10H2/t12-/m1/s1. The average molecular weight is 217 g/mol. The fraction of sp³-hybridized carbons (Fsp3) is 0.308. The number of carbonyl (C=O) groups excluding carboxylic acids is 1. The molecule has 1 atom stereocenters. The summed E-state index contributed by atoms with van der Waals surface area (Å²) in [6.45, 7) is 5.34. The number of benzene rings is 1. The maximum Gasteiger partial charge on any atom is 0.246 e. The molecule has 0 unspecified atom stereocenters. The van der Waals surface area contributed by atoms with E-state index in [4.69, 9.17) is 4.74 Å². The zero-order valence-electron chi connectivity index (χ0n) is 9.13. The molecule has 3 nitrogen and oxygen atoms in total. The number of amides is 1. The number of morpholine rings is 1. The summed E-state index contributed by atoms with van der Waals surface area (Å²) in [4.78, 5) is 13.3. The van der Waals surface area contributed by atoms with Gasteiger partial charge in [0, 0.05) is 6.54 Å². The van der Waals surface area contributed by atoms with Gasteiger partial charge in [-0.15, -0.1) is 0 Å². The Kier molecular flexibility index (Phi) is 3.37. The molecule has 1 heterocycles. The minimum atomic E-state index is -0.0239. The zero-order valence-corrected chi connectivity index (χ0v) is 9.13. The Morgan fingerprint density at radius 2 is 2.19 bits per heavy atom. The van der Waals surface area contributed by atoms with Crippen LogP contribution in [0.4, 0.5) is 0 Å². The highest BCUT2D eigenvalue weighted by molar-refractivity contribution is 5.87. The summed E-state index contributed by atoms with van der Waals surface area (Å²) in [6, 6.07) is 9.97. The molecule has 0 spiro atoms. The predicted molar refractivity (Wildman–Crippen MR) is 61.9 cm³/mol. The van der Waals surface area contributed by atoms with Crippen LogP contribution in [0, 0.1) is 0 Å². The van der Waals surface area contributed by atoms with Crippen LogP contribution in [0.1, 0.15) is 11.7 Å². The summed E-state index contributed by atoms with van der Waals surface area (Å²) in [7, 11) is 0. The first-order valence-electron chi connectivity index (χ1n) is 5.39. The Morgan fingerprint density at radius 1 is 1.44 bits per heavy atom. The molecule has 0 aliphatic carbocycles. The maximum absolute atomic E-state index is 11.5. The van der Waals surface area contributed by atoms with Gasteiger partial charge in [-0.1, -0.05) is 36.9 Å². The van der Waals surface area contributed by atoms with Gasteiger partial charge in [0.15, 0.2) is 0 Å². The highest BCUT2D eigenvalue weighted by Crippen LogP contribution is 2.21. The van der Waals surface area contributed by atoms with Gasteiger partial charge in [0.05, 0.1) is 13.2 Å². The van der Waals surface area contributed by atoms with E-state index in [1.54, 1.807) is 4.90 Å². The highest BCUT2D eigenvalue weighted by Gasteiger charge is 2.23. The first-order valence-corrected chi connectivity index (χ1v) is 5.39. The Morgan fingerprint density at radius 3 is 2.88 bits per heavy atom. The second-order valence-electron chi connectivity index (χ2n) is 3.76. The van der Waals surface area contributed by atoms with Crippen molar-refractivity contribution in [2.24, 2.45) is 0 Å². The third-order valence-electron chi connectivity index (χ3n) is 2.72. The second kappa shape index (κ2) is 4.94. The molecule has 0 radical (unpaired) electrons. The molecule has 1 amide bonds. The summed E-state index contributed by atoms with van der Waals surface area (Å²) in [5.41, 5.74) is 1.11. The number of carbonyl (C=O) groups is 1. The molecule has 0 saturated carbocycles. The molecular weight excluding hydrogens is 202 g/mol. The van der Waals surface area contributed by atoms with Crippen molar-refractivity contribution in [3.05, 3.63) is 48.6 Å². The van der Waals surface area contributed by atoms with E-state index in [-0.39, 0.29) is 12.0 Å². The number of hydrogen-bond donors (Lipinski definition) is 0. The smallest absolute Gasteiger partial charge is 0.246 e. The van der Waals surface area contributed by atoms with E-state index >= 15 is 0 Å². The summed E-state index contributed by atoms with van der Waals surface area (Å²) in [5, 5.41) is 0. The molecule has 3 heteroatoms. The van der Waals surface area contributed by atoms with Crippen molar-refractivity contribution in [1.29, 1.82) is 0 Å². The van der Waals surface area contributed by atoms with Crippen LogP contribution < -0.4 is 0 Å². The summed E-state index contributed by atoms with van der Waals surface area (Å²) < 4.78 is 5.66. The van der Waals surface area contributed by atoms with Gasteiger partial charge in [-0.05, 0) is 11.6 Å². The van der Waals surface area contributed by atoms with E-state index in [2.05, 4.69) is 6.58 Å². The lowest BCUT2D eigenvalue weighted by Crippen LogP contribution is -2.41. The molecule has 0 N–H and O–H groups in total. The van der Waals surface area contributed by atoms with Gasteiger partial charge in [0.1, 0.15) is 6.10 Å². The van der Waals surface area contributed by atoms with Crippen LogP contribution >= 0.6 is 0 Å². The topological polar surface area (TPSA) is 29.5 Å². The van der Waals surface area contributed by atoms with Crippen LogP contribution in [0.2, 0.25) is 0 Å². The normalized spacial score (nSPS) is 20.5. The number of rotatable bonds is 2. The molecule has 1 aliphatic heterocycles. The first-order chi connectivity index (χ1) is 7.81. The van der Waals surface area contributed by atoms with Crippen LogP contribution in [0.3, 0.4) is 0 Å². The first kappa shape index (κ1) is 10.9. The lowest BCUT2D eigenvalue weighted by Gasteiger charge is -2.32. The van der Waals surface area contributed by atoms with E-state index in [1.165, 1.54) is 6.08 Å². The molecule has 0 bridgehead atoms. The van der Waals surface area contributed by atoms with Crippen molar-refractivity contribution in [2.75, 3.05) is 19.7 Å². The van der Waals surface area contributed by atoms with Crippen molar-refractivity contribution in [1.82, 2.24) is 4.90 Å². The zero-order chi connectivity index (χ0) is 11.4. The van der Waals surface area contributed by atoms with Crippen LogP contribution in [0.15, 0.2) is 43.0 Å². The van der Waals surface area contributed by atoms with Crippen molar-refractivity contribution in [3.8, 4) is 0 Å². The molecule has 16 heavy (non-hydrogen) atoms. The number of ether oxygens (including phenoxy) is 1. The predicted octanol–water partition coefficient (Wildman–Crippen LogP) is 1.77. The Balaban J connectivity index is 2.07. The molecule has 84 valence electrons. The minimum Gasteiger partial charge on any atom is -0.370 e. The maximum atomic E-state index is 11.5. The molecule has 1 aromatic rings. The number of nitrogens with zero attached hydrogens (tertiary/aromatic N) is 1.